The Morgan fingerprint density at radius 1 is 1.37 bits per heavy atom. The standard InChI is InChI=1S/C14H15IN2O2/c1-8(2)13-12(9(3)17-19-13)14(18)16-11-7-5-4-6-10(11)15/h4-8H,1-3H3,(H,16,18). The number of aryl methyl sites for hydroxylation is 1. The summed E-state index contributed by atoms with van der Waals surface area (Å²) in [6.07, 6.45) is 0. The summed E-state index contributed by atoms with van der Waals surface area (Å²) in [4.78, 5) is 12.4. The lowest BCUT2D eigenvalue weighted by Crippen LogP contribution is -2.15. The summed E-state index contributed by atoms with van der Waals surface area (Å²) >= 11 is 2.19. The van der Waals surface area contributed by atoms with Crippen LogP contribution in [0.1, 0.15) is 41.6 Å². The topological polar surface area (TPSA) is 55.1 Å². The highest BCUT2D eigenvalue weighted by Gasteiger charge is 2.22. The molecule has 2 rings (SSSR count). The fourth-order valence-corrected chi connectivity index (χ4v) is 2.33. The number of amides is 1. The highest BCUT2D eigenvalue weighted by Crippen LogP contribution is 2.24. The Kier molecular flexibility index (Phi) is 4.24. The van der Waals surface area contributed by atoms with E-state index in [2.05, 4.69) is 33.1 Å². The summed E-state index contributed by atoms with van der Waals surface area (Å²) in [5.74, 6) is 0.573. The Morgan fingerprint density at radius 2 is 2.05 bits per heavy atom. The Bertz CT molecular complexity index is 605. The number of nitrogens with zero attached hydrogens (tertiary/aromatic N) is 1. The predicted molar refractivity (Wildman–Crippen MR) is 82.4 cm³/mol. The van der Waals surface area contributed by atoms with Gasteiger partial charge in [0.2, 0.25) is 0 Å². The fraction of sp³-hybridized carbons (Fsp3) is 0.286. The molecule has 1 aromatic heterocycles. The number of carbonyl (C=O) groups excluding carboxylic acids is 1. The third kappa shape index (κ3) is 2.97. The third-order valence-electron chi connectivity index (χ3n) is 2.76. The molecule has 0 aliphatic rings. The number of hydrogen-bond donors (Lipinski definition) is 1. The van der Waals surface area contributed by atoms with Gasteiger partial charge in [-0.2, -0.15) is 0 Å². The second-order valence-corrected chi connectivity index (χ2v) is 5.76. The number of rotatable bonds is 3. The summed E-state index contributed by atoms with van der Waals surface area (Å²) in [5, 5.41) is 6.79. The van der Waals surface area contributed by atoms with Gasteiger partial charge in [0.05, 0.1) is 11.4 Å². The molecule has 0 aliphatic carbocycles. The molecule has 0 radical (unpaired) electrons. The van der Waals surface area contributed by atoms with Crippen LogP contribution in [0.5, 0.6) is 0 Å². The number of benzene rings is 1. The van der Waals surface area contributed by atoms with Crippen molar-refractivity contribution in [2.45, 2.75) is 26.7 Å². The van der Waals surface area contributed by atoms with E-state index >= 15 is 0 Å². The number of anilines is 1. The van der Waals surface area contributed by atoms with Crippen LogP contribution in [0, 0.1) is 10.5 Å². The van der Waals surface area contributed by atoms with Gasteiger partial charge in [0.15, 0.2) is 5.76 Å². The average Bonchev–Trinajstić information content (AvgIpc) is 2.74. The molecule has 1 aromatic carbocycles. The first-order valence-electron chi connectivity index (χ1n) is 6.02. The van der Waals surface area contributed by atoms with Crippen LogP contribution in [-0.2, 0) is 0 Å². The summed E-state index contributed by atoms with van der Waals surface area (Å²) in [7, 11) is 0. The van der Waals surface area contributed by atoms with Crippen molar-refractivity contribution in [3.05, 3.63) is 44.9 Å². The normalized spacial score (nSPS) is 10.8. The molecule has 2 aromatic rings. The number of nitrogens with one attached hydrogen (secondary N) is 1. The minimum atomic E-state index is -0.174. The van der Waals surface area contributed by atoms with Gasteiger partial charge in [-0.05, 0) is 41.6 Å². The van der Waals surface area contributed by atoms with Gasteiger partial charge in [-0.25, -0.2) is 0 Å². The molecule has 0 aliphatic heterocycles. The molecule has 1 N–H and O–H groups in total. The van der Waals surface area contributed by atoms with Gasteiger partial charge >= 0.3 is 0 Å². The lowest BCUT2D eigenvalue weighted by atomic mass is 10.0. The van der Waals surface area contributed by atoms with Gasteiger partial charge in [-0.3, -0.25) is 4.79 Å². The van der Waals surface area contributed by atoms with Crippen LogP contribution in [0.25, 0.3) is 0 Å². The Labute approximate surface area is 125 Å². The highest BCUT2D eigenvalue weighted by molar-refractivity contribution is 14.1. The van der Waals surface area contributed by atoms with Crippen molar-refractivity contribution in [3.63, 3.8) is 0 Å². The van der Waals surface area contributed by atoms with Gasteiger partial charge in [0.1, 0.15) is 5.56 Å². The molecule has 0 atom stereocenters. The first-order chi connectivity index (χ1) is 9.00. The van der Waals surface area contributed by atoms with Crippen molar-refractivity contribution in [1.29, 1.82) is 0 Å². The number of para-hydroxylation sites is 1. The van der Waals surface area contributed by atoms with Crippen LogP contribution < -0.4 is 5.32 Å². The van der Waals surface area contributed by atoms with Crippen LogP contribution in [0.4, 0.5) is 5.69 Å². The van der Waals surface area contributed by atoms with Gasteiger partial charge < -0.3 is 9.84 Å². The lowest BCUT2D eigenvalue weighted by molar-refractivity contribution is 0.102. The SMILES string of the molecule is Cc1noc(C(C)C)c1C(=O)Nc1ccccc1I. The van der Waals surface area contributed by atoms with E-state index in [1.165, 1.54) is 0 Å². The number of halogens is 1. The van der Waals surface area contributed by atoms with Crippen molar-refractivity contribution in [2.24, 2.45) is 0 Å². The fourth-order valence-electron chi connectivity index (χ4n) is 1.80. The molecule has 0 bridgehead atoms. The minimum absolute atomic E-state index is 0.122. The molecule has 5 heteroatoms. The molecule has 0 unspecified atom stereocenters. The summed E-state index contributed by atoms with van der Waals surface area (Å²) in [6.45, 7) is 5.73. The van der Waals surface area contributed by atoms with E-state index in [1.807, 2.05) is 38.1 Å². The summed E-state index contributed by atoms with van der Waals surface area (Å²) < 4.78 is 6.23. The maximum atomic E-state index is 12.4. The van der Waals surface area contributed by atoms with Gasteiger partial charge in [0, 0.05) is 9.49 Å². The monoisotopic (exact) mass is 370 g/mol. The number of aromatic nitrogens is 1. The molecule has 0 fully saturated rings. The average molecular weight is 370 g/mol. The maximum Gasteiger partial charge on any atom is 0.261 e. The third-order valence-corrected chi connectivity index (χ3v) is 3.70. The molecule has 19 heavy (non-hydrogen) atoms. The molecule has 0 saturated carbocycles. The second kappa shape index (κ2) is 5.73. The van der Waals surface area contributed by atoms with Gasteiger partial charge in [0.25, 0.3) is 5.91 Å². The number of hydrogen-bond acceptors (Lipinski definition) is 3. The van der Waals surface area contributed by atoms with Crippen LogP contribution >= 0.6 is 22.6 Å². The minimum Gasteiger partial charge on any atom is -0.360 e. The van der Waals surface area contributed by atoms with Crippen LogP contribution in [0.2, 0.25) is 0 Å². The largest absolute Gasteiger partial charge is 0.360 e. The van der Waals surface area contributed by atoms with Gasteiger partial charge in [-0.15, -0.1) is 0 Å². The zero-order valence-electron chi connectivity index (χ0n) is 11.0. The van der Waals surface area contributed by atoms with Crippen molar-refractivity contribution in [3.8, 4) is 0 Å². The first-order valence-corrected chi connectivity index (χ1v) is 7.10. The zero-order chi connectivity index (χ0) is 14.0. The van der Waals surface area contributed by atoms with E-state index < -0.39 is 0 Å². The summed E-state index contributed by atoms with van der Waals surface area (Å²) in [5.41, 5.74) is 1.95. The van der Waals surface area contributed by atoms with E-state index in [0.29, 0.717) is 17.0 Å². The molecule has 4 nitrogen and oxygen atoms in total. The van der Waals surface area contributed by atoms with E-state index in [1.54, 1.807) is 6.92 Å². The van der Waals surface area contributed by atoms with E-state index in [0.717, 1.165) is 9.26 Å². The lowest BCUT2D eigenvalue weighted by Gasteiger charge is -2.08. The summed E-state index contributed by atoms with van der Waals surface area (Å²) in [6, 6.07) is 7.64. The first kappa shape index (κ1) is 14.0. The molecular formula is C14H15IN2O2. The van der Waals surface area contributed by atoms with Gasteiger partial charge in [-0.1, -0.05) is 31.1 Å². The van der Waals surface area contributed by atoms with Crippen molar-refractivity contribution in [1.82, 2.24) is 5.16 Å². The van der Waals surface area contributed by atoms with E-state index in [4.69, 9.17) is 4.52 Å². The zero-order valence-corrected chi connectivity index (χ0v) is 13.2. The van der Waals surface area contributed by atoms with Crippen LogP contribution in [-0.4, -0.2) is 11.1 Å². The maximum absolute atomic E-state index is 12.4. The molecule has 0 saturated heterocycles. The molecule has 0 spiro atoms. The second-order valence-electron chi connectivity index (χ2n) is 4.60. The van der Waals surface area contributed by atoms with Crippen molar-refractivity contribution < 1.29 is 9.32 Å². The molecule has 1 heterocycles. The predicted octanol–water partition coefficient (Wildman–Crippen LogP) is 3.96. The Morgan fingerprint density at radius 3 is 2.68 bits per heavy atom. The van der Waals surface area contributed by atoms with E-state index in [-0.39, 0.29) is 11.8 Å². The van der Waals surface area contributed by atoms with Crippen molar-refractivity contribution >= 4 is 34.2 Å². The molecule has 100 valence electrons. The number of carbonyl (C=O) groups is 1. The smallest absolute Gasteiger partial charge is 0.261 e. The quantitative estimate of drug-likeness (QED) is 0.833. The molecular weight excluding hydrogens is 355 g/mol. The van der Waals surface area contributed by atoms with Crippen molar-refractivity contribution in [2.75, 3.05) is 5.32 Å². The van der Waals surface area contributed by atoms with Crippen LogP contribution in [0.3, 0.4) is 0 Å². The molecule has 1 amide bonds. The Balaban J connectivity index is 2.31. The van der Waals surface area contributed by atoms with Crippen LogP contribution in [0.15, 0.2) is 28.8 Å². The highest BCUT2D eigenvalue weighted by atomic mass is 127. The van der Waals surface area contributed by atoms with E-state index in [9.17, 15) is 4.79 Å². The Hall–Kier alpha value is -1.37.